The molecule has 1 unspecified atom stereocenters. The molecule has 0 heterocycles. The van der Waals surface area contributed by atoms with Crippen LogP contribution in [0, 0.1) is 5.92 Å². The summed E-state index contributed by atoms with van der Waals surface area (Å²) in [6.45, 7) is 5.02. The maximum atomic E-state index is 5.53. The summed E-state index contributed by atoms with van der Waals surface area (Å²) in [6, 6.07) is 0. The zero-order valence-corrected chi connectivity index (χ0v) is 7.38. The molecule has 0 amide bonds. The fourth-order valence-corrected chi connectivity index (χ4v) is 0.960. The molecule has 1 atom stereocenters. The van der Waals surface area contributed by atoms with Gasteiger partial charge in [-0.2, -0.15) is 0 Å². The van der Waals surface area contributed by atoms with Gasteiger partial charge in [-0.1, -0.05) is 0 Å². The molecule has 0 aromatic heterocycles. The number of nitrogens with two attached hydrogens (primary N) is 2. The van der Waals surface area contributed by atoms with Crippen LogP contribution >= 0.6 is 0 Å². The average Bonchev–Trinajstić information content (AvgIpc) is 2.05. The minimum atomic E-state index is 0.499. The Bertz CT molecular complexity index is 70.5. The third-order valence-corrected chi connectivity index (χ3v) is 1.71. The first-order valence-electron chi connectivity index (χ1n) is 4.33. The van der Waals surface area contributed by atoms with Crippen molar-refractivity contribution in [2.45, 2.75) is 19.8 Å². The Morgan fingerprint density at radius 1 is 1.36 bits per heavy atom. The van der Waals surface area contributed by atoms with E-state index in [4.69, 9.17) is 16.2 Å². The third kappa shape index (κ3) is 6.28. The molecule has 0 saturated heterocycles. The highest BCUT2D eigenvalue weighted by atomic mass is 16.5. The summed E-state index contributed by atoms with van der Waals surface area (Å²) < 4.78 is 5.26. The molecule has 0 bridgehead atoms. The third-order valence-electron chi connectivity index (χ3n) is 1.71. The number of rotatable bonds is 7. The van der Waals surface area contributed by atoms with Crippen LogP contribution in [0.1, 0.15) is 19.8 Å². The molecule has 0 saturated carbocycles. The lowest BCUT2D eigenvalue weighted by atomic mass is 10.1. The molecule has 11 heavy (non-hydrogen) atoms. The van der Waals surface area contributed by atoms with Gasteiger partial charge in [-0.05, 0) is 38.8 Å². The summed E-state index contributed by atoms with van der Waals surface area (Å²) in [6.07, 6.45) is 2.14. The Hall–Kier alpha value is -0.120. The Morgan fingerprint density at radius 3 is 2.55 bits per heavy atom. The van der Waals surface area contributed by atoms with Crippen molar-refractivity contribution in [3.63, 3.8) is 0 Å². The predicted octanol–water partition coefficient (Wildman–Crippen LogP) is 0.337. The second kappa shape index (κ2) is 7.98. The maximum Gasteiger partial charge on any atom is 0.0506 e. The van der Waals surface area contributed by atoms with E-state index >= 15 is 0 Å². The molecule has 4 N–H and O–H groups in total. The van der Waals surface area contributed by atoms with E-state index in [0.717, 1.165) is 32.6 Å². The normalized spacial score (nSPS) is 13.4. The molecule has 0 spiro atoms. The highest BCUT2D eigenvalue weighted by Gasteiger charge is 2.04. The van der Waals surface area contributed by atoms with Gasteiger partial charge in [0.1, 0.15) is 0 Å². The van der Waals surface area contributed by atoms with E-state index in [1.54, 1.807) is 0 Å². The Kier molecular flexibility index (Phi) is 7.89. The zero-order chi connectivity index (χ0) is 8.53. The lowest BCUT2D eigenvalue weighted by Crippen LogP contribution is -2.20. The van der Waals surface area contributed by atoms with Crippen LogP contribution in [0.5, 0.6) is 0 Å². The SMILES string of the molecule is CCOCC(CN)CCCN. The van der Waals surface area contributed by atoms with Crippen molar-refractivity contribution in [1.82, 2.24) is 0 Å². The topological polar surface area (TPSA) is 61.3 Å². The van der Waals surface area contributed by atoms with Gasteiger partial charge in [-0.15, -0.1) is 0 Å². The molecule has 3 nitrogen and oxygen atoms in total. The van der Waals surface area contributed by atoms with Crippen LogP contribution in [0.15, 0.2) is 0 Å². The van der Waals surface area contributed by atoms with E-state index in [1.807, 2.05) is 6.92 Å². The molecule has 3 heteroatoms. The van der Waals surface area contributed by atoms with Gasteiger partial charge in [0.25, 0.3) is 0 Å². The summed E-state index contributed by atoms with van der Waals surface area (Å²) in [5, 5.41) is 0. The molecular weight excluding hydrogens is 140 g/mol. The number of hydrogen-bond donors (Lipinski definition) is 2. The van der Waals surface area contributed by atoms with Crippen molar-refractivity contribution >= 4 is 0 Å². The Morgan fingerprint density at radius 2 is 2.09 bits per heavy atom. The summed E-state index contributed by atoms with van der Waals surface area (Å²) in [4.78, 5) is 0. The van der Waals surface area contributed by atoms with Crippen molar-refractivity contribution in [3.8, 4) is 0 Å². The van der Waals surface area contributed by atoms with Crippen LogP contribution in [-0.4, -0.2) is 26.3 Å². The second-order valence-electron chi connectivity index (χ2n) is 2.69. The van der Waals surface area contributed by atoms with Gasteiger partial charge < -0.3 is 16.2 Å². The van der Waals surface area contributed by atoms with Crippen LogP contribution in [-0.2, 0) is 4.74 Å². The van der Waals surface area contributed by atoms with E-state index in [2.05, 4.69) is 0 Å². The Labute approximate surface area is 69.1 Å². The summed E-state index contributed by atoms with van der Waals surface area (Å²) in [7, 11) is 0. The van der Waals surface area contributed by atoms with Crippen molar-refractivity contribution in [3.05, 3.63) is 0 Å². The molecule has 68 valence electrons. The Balaban J connectivity index is 3.25. The van der Waals surface area contributed by atoms with Crippen molar-refractivity contribution in [1.29, 1.82) is 0 Å². The molecule has 0 aromatic rings. The molecule has 0 aliphatic rings. The number of hydrogen-bond acceptors (Lipinski definition) is 3. The second-order valence-corrected chi connectivity index (χ2v) is 2.69. The first-order valence-corrected chi connectivity index (χ1v) is 4.33. The minimum absolute atomic E-state index is 0.499. The van der Waals surface area contributed by atoms with Crippen LogP contribution in [0.4, 0.5) is 0 Å². The first kappa shape index (κ1) is 10.9. The maximum absolute atomic E-state index is 5.53. The molecule has 0 radical (unpaired) electrons. The van der Waals surface area contributed by atoms with Crippen LogP contribution in [0.25, 0.3) is 0 Å². The average molecular weight is 160 g/mol. The monoisotopic (exact) mass is 160 g/mol. The molecule has 0 fully saturated rings. The molecule has 0 aromatic carbocycles. The van der Waals surface area contributed by atoms with Crippen molar-refractivity contribution in [2.75, 3.05) is 26.3 Å². The van der Waals surface area contributed by atoms with E-state index in [-0.39, 0.29) is 0 Å². The van der Waals surface area contributed by atoms with Gasteiger partial charge in [0.15, 0.2) is 0 Å². The first-order chi connectivity index (χ1) is 5.35. The van der Waals surface area contributed by atoms with E-state index in [0.29, 0.717) is 12.5 Å². The zero-order valence-electron chi connectivity index (χ0n) is 7.38. The molecule has 0 rings (SSSR count). The lowest BCUT2D eigenvalue weighted by Gasteiger charge is -2.13. The fourth-order valence-electron chi connectivity index (χ4n) is 0.960. The highest BCUT2D eigenvalue weighted by molar-refractivity contribution is 4.58. The van der Waals surface area contributed by atoms with Crippen LogP contribution in [0.2, 0.25) is 0 Å². The van der Waals surface area contributed by atoms with E-state index in [1.165, 1.54) is 0 Å². The van der Waals surface area contributed by atoms with E-state index < -0.39 is 0 Å². The van der Waals surface area contributed by atoms with Crippen LogP contribution < -0.4 is 11.5 Å². The van der Waals surface area contributed by atoms with Crippen molar-refractivity contribution in [2.24, 2.45) is 17.4 Å². The smallest absolute Gasteiger partial charge is 0.0506 e. The molecule has 0 aliphatic carbocycles. The summed E-state index contributed by atoms with van der Waals surface area (Å²) >= 11 is 0. The lowest BCUT2D eigenvalue weighted by molar-refractivity contribution is 0.109. The standard InChI is InChI=1S/C8H20N2O/c1-2-11-7-8(6-10)4-3-5-9/h8H,2-7,9-10H2,1H3. The van der Waals surface area contributed by atoms with E-state index in [9.17, 15) is 0 Å². The summed E-state index contributed by atoms with van der Waals surface area (Å²) in [5.41, 5.74) is 10.9. The highest BCUT2D eigenvalue weighted by Crippen LogP contribution is 2.03. The van der Waals surface area contributed by atoms with Gasteiger partial charge in [0, 0.05) is 6.61 Å². The summed E-state index contributed by atoms with van der Waals surface area (Å²) in [5.74, 6) is 0.499. The van der Waals surface area contributed by atoms with Crippen molar-refractivity contribution < 1.29 is 4.74 Å². The van der Waals surface area contributed by atoms with Gasteiger partial charge in [-0.25, -0.2) is 0 Å². The number of ether oxygens (including phenoxy) is 1. The fraction of sp³-hybridized carbons (Fsp3) is 1.00. The van der Waals surface area contributed by atoms with Gasteiger partial charge in [-0.3, -0.25) is 0 Å². The van der Waals surface area contributed by atoms with Gasteiger partial charge in [0.05, 0.1) is 6.61 Å². The van der Waals surface area contributed by atoms with Gasteiger partial charge >= 0.3 is 0 Å². The molecular formula is C8H20N2O. The van der Waals surface area contributed by atoms with Crippen LogP contribution in [0.3, 0.4) is 0 Å². The largest absolute Gasteiger partial charge is 0.381 e. The molecule has 0 aliphatic heterocycles. The minimum Gasteiger partial charge on any atom is -0.381 e. The predicted molar refractivity (Wildman–Crippen MR) is 47.3 cm³/mol. The quantitative estimate of drug-likeness (QED) is 0.564. The van der Waals surface area contributed by atoms with Gasteiger partial charge in [0.2, 0.25) is 0 Å².